The molecule has 1 aliphatic rings. The van der Waals surface area contributed by atoms with Gasteiger partial charge in [-0.3, -0.25) is 10.1 Å². The molecular formula is C18H18N2O7. The molecule has 1 aromatic rings. The first-order valence-electron chi connectivity index (χ1n) is 7.90. The molecule has 142 valence electrons. The minimum Gasteiger partial charge on any atom is -0.494 e. The van der Waals surface area contributed by atoms with Gasteiger partial charge < -0.3 is 19.1 Å². The second kappa shape index (κ2) is 8.65. The summed E-state index contributed by atoms with van der Waals surface area (Å²) in [4.78, 5) is 36.7. The Balaban J connectivity index is 2.76. The lowest BCUT2D eigenvalue weighted by Crippen LogP contribution is -2.27. The van der Waals surface area contributed by atoms with E-state index in [2.05, 4.69) is 0 Å². The number of nitro benzene ring substituents is 1. The van der Waals surface area contributed by atoms with Crippen LogP contribution >= 0.6 is 0 Å². The Morgan fingerprint density at radius 2 is 1.85 bits per heavy atom. The smallest absolute Gasteiger partial charge is 0.355 e. The van der Waals surface area contributed by atoms with Gasteiger partial charge in [0.2, 0.25) is 0 Å². The number of carbonyl (C=O) groups is 2. The van der Waals surface area contributed by atoms with Gasteiger partial charge in [-0.2, -0.15) is 0 Å². The predicted octanol–water partition coefficient (Wildman–Crippen LogP) is 2.48. The van der Waals surface area contributed by atoms with Crippen molar-refractivity contribution in [2.45, 2.75) is 6.92 Å². The second-order valence-electron chi connectivity index (χ2n) is 5.16. The zero-order chi connectivity index (χ0) is 20.0. The van der Waals surface area contributed by atoms with E-state index in [1.165, 1.54) is 54.6 Å². The maximum Gasteiger partial charge on any atom is 0.355 e. The van der Waals surface area contributed by atoms with Gasteiger partial charge in [-0.25, -0.2) is 9.59 Å². The Bertz CT molecular complexity index is 855. The topological polar surface area (TPSA) is 108 Å². The average Bonchev–Trinajstić information content (AvgIpc) is 2.89. The first-order valence-corrected chi connectivity index (χ1v) is 7.90. The molecule has 1 aliphatic heterocycles. The number of ether oxygens (including phenoxy) is 3. The Morgan fingerprint density at radius 3 is 2.44 bits per heavy atom. The Labute approximate surface area is 155 Å². The van der Waals surface area contributed by atoms with Crippen molar-refractivity contribution < 1.29 is 28.7 Å². The lowest BCUT2D eigenvalue weighted by atomic mass is 10.1. The minimum absolute atomic E-state index is 0.0349. The number of hydrogen-bond acceptors (Lipinski definition) is 8. The molecule has 0 amide bonds. The van der Waals surface area contributed by atoms with Gasteiger partial charge in [-0.1, -0.05) is 6.08 Å². The lowest BCUT2D eigenvalue weighted by molar-refractivity contribution is -0.384. The lowest BCUT2D eigenvalue weighted by Gasteiger charge is -2.23. The third kappa shape index (κ3) is 4.14. The molecule has 0 atom stereocenters. The van der Waals surface area contributed by atoms with Gasteiger partial charge in [0.25, 0.3) is 5.69 Å². The number of allylic oxidation sites excluding steroid dienone is 2. The van der Waals surface area contributed by atoms with Crippen LogP contribution in [0.3, 0.4) is 0 Å². The van der Waals surface area contributed by atoms with Crippen LogP contribution in [0.5, 0.6) is 5.75 Å². The van der Waals surface area contributed by atoms with Crippen LogP contribution in [0.25, 0.3) is 0 Å². The summed E-state index contributed by atoms with van der Waals surface area (Å²) in [6, 6.07) is 4.13. The summed E-state index contributed by atoms with van der Waals surface area (Å²) in [5, 5.41) is 11.5. The SMILES string of the molecule is CCOc1ccc([N+](=O)[O-])c(N2C=CC=CC(C(=O)OC)=C2C(=O)OC)c1. The number of methoxy groups -OCH3 is 2. The normalized spacial score (nSPS) is 13.2. The highest BCUT2D eigenvalue weighted by Gasteiger charge is 2.31. The third-order valence-electron chi connectivity index (χ3n) is 3.60. The molecule has 9 nitrogen and oxygen atoms in total. The summed E-state index contributed by atoms with van der Waals surface area (Å²) < 4.78 is 14.9. The highest BCUT2D eigenvalue weighted by Crippen LogP contribution is 2.36. The molecule has 0 aliphatic carbocycles. The zero-order valence-corrected chi connectivity index (χ0v) is 15.0. The highest BCUT2D eigenvalue weighted by molar-refractivity contribution is 6.05. The summed E-state index contributed by atoms with van der Waals surface area (Å²) >= 11 is 0. The molecule has 0 fully saturated rings. The fraction of sp³-hybridized carbons (Fsp3) is 0.222. The number of nitrogens with zero attached hydrogens (tertiary/aromatic N) is 2. The Kier molecular flexibility index (Phi) is 6.32. The number of hydrogen-bond donors (Lipinski definition) is 0. The fourth-order valence-electron chi connectivity index (χ4n) is 2.46. The molecule has 9 heteroatoms. The van der Waals surface area contributed by atoms with Crippen LogP contribution in [-0.4, -0.2) is 37.7 Å². The van der Waals surface area contributed by atoms with Crippen LogP contribution in [0.15, 0.2) is 53.9 Å². The third-order valence-corrected chi connectivity index (χ3v) is 3.60. The number of anilines is 1. The van der Waals surface area contributed by atoms with E-state index in [0.29, 0.717) is 12.4 Å². The van der Waals surface area contributed by atoms with Crippen molar-refractivity contribution in [3.8, 4) is 5.75 Å². The summed E-state index contributed by atoms with van der Waals surface area (Å²) in [5.74, 6) is -1.28. The Hall–Kier alpha value is -3.62. The van der Waals surface area contributed by atoms with Crippen LogP contribution < -0.4 is 9.64 Å². The maximum absolute atomic E-state index is 12.4. The molecule has 0 unspecified atom stereocenters. The van der Waals surface area contributed by atoms with Gasteiger partial charge in [0.1, 0.15) is 17.1 Å². The van der Waals surface area contributed by atoms with Crippen molar-refractivity contribution >= 4 is 23.3 Å². The molecule has 1 heterocycles. The molecule has 0 saturated heterocycles. The molecule has 0 saturated carbocycles. The maximum atomic E-state index is 12.4. The van der Waals surface area contributed by atoms with E-state index in [-0.39, 0.29) is 22.6 Å². The van der Waals surface area contributed by atoms with Gasteiger partial charge in [0.05, 0.1) is 31.3 Å². The molecule has 1 aromatic carbocycles. The molecule has 2 rings (SSSR count). The molecule has 27 heavy (non-hydrogen) atoms. The fourth-order valence-corrected chi connectivity index (χ4v) is 2.46. The number of esters is 2. The standard InChI is InChI=1S/C18H18N2O7/c1-4-27-12-8-9-14(20(23)24)15(11-12)19-10-6-5-7-13(17(21)25-2)16(19)18(22)26-3/h5-11H,4H2,1-3H3. The van der Waals surface area contributed by atoms with E-state index in [1.807, 2.05) is 0 Å². The first kappa shape index (κ1) is 19.7. The minimum atomic E-state index is -0.859. The highest BCUT2D eigenvalue weighted by atomic mass is 16.6. The quantitative estimate of drug-likeness (QED) is 0.424. The average molecular weight is 374 g/mol. The monoisotopic (exact) mass is 374 g/mol. The van der Waals surface area contributed by atoms with Crippen molar-refractivity contribution in [1.29, 1.82) is 0 Å². The van der Waals surface area contributed by atoms with Crippen LogP contribution in [0.1, 0.15) is 6.92 Å². The zero-order valence-electron chi connectivity index (χ0n) is 15.0. The van der Waals surface area contributed by atoms with Crippen LogP contribution in [0.2, 0.25) is 0 Å². The van der Waals surface area contributed by atoms with E-state index in [0.717, 1.165) is 7.11 Å². The van der Waals surface area contributed by atoms with Crippen molar-refractivity contribution in [2.24, 2.45) is 0 Å². The van der Waals surface area contributed by atoms with Gasteiger partial charge in [0.15, 0.2) is 0 Å². The molecule has 0 aromatic heterocycles. The van der Waals surface area contributed by atoms with E-state index < -0.39 is 16.9 Å². The number of rotatable bonds is 6. The molecule has 0 N–H and O–H groups in total. The van der Waals surface area contributed by atoms with Gasteiger partial charge in [-0.05, 0) is 25.1 Å². The van der Waals surface area contributed by atoms with Gasteiger partial charge in [0, 0.05) is 18.3 Å². The number of carbonyl (C=O) groups excluding carboxylic acids is 2. The second-order valence-corrected chi connectivity index (χ2v) is 5.16. The van der Waals surface area contributed by atoms with Gasteiger partial charge >= 0.3 is 11.9 Å². The number of benzene rings is 1. The summed E-state index contributed by atoms with van der Waals surface area (Å²) in [7, 11) is 2.31. The molecule has 0 bridgehead atoms. The van der Waals surface area contributed by atoms with E-state index in [9.17, 15) is 19.7 Å². The van der Waals surface area contributed by atoms with Gasteiger partial charge in [-0.15, -0.1) is 0 Å². The predicted molar refractivity (Wildman–Crippen MR) is 96.1 cm³/mol. The van der Waals surface area contributed by atoms with Crippen molar-refractivity contribution in [2.75, 3.05) is 25.7 Å². The van der Waals surface area contributed by atoms with Crippen molar-refractivity contribution in [3.05, 3.63) is 64.0 Å². The summed E-state index contributed by atoms with van der Waals surface area (Å²) in [6.45, 7) is 2.12. The molecule has 0 spiro atoms. The molecule has 0 radical (unpaired) electrons. The van der Waals surface area contributed by atoms with Crippen molar-refractivity contribution in [3.63, 3.8) is 0 Å². The van der Waals surface area contributed by atoms with E-state index in [1.54, 1.807) is 6.92 Å². The Morgan fingerprint density at radius 1 is 1.15 bits per heavy atom. The number of nitro groups is 1. The first-order chi connectivity index (χ1) is 12.9. The van der Waals surface area contributed by atoms with E-state index >= 15 is 0 Å². The molecular weight excluding hydrogens is 356 g/mol. The van der Waals surface area contributed by atoms with Crippen LogP contribution in [0.4, 0.5) is 11.4 Å². The largest absolute Gasteiger partial charge is 0.494 e. The van der Waals surface area contributed by atoms with Crippen LogP contribution in [-0.2, 0) is 19.1 Å². The van der Waals surface area contributed by atoms with Crippen LogP contribution in [0, 0.1) is 10.1 Å². The summed E-state index contributed by atoms with van der Waals surface area (Å²) in [5.41, 5.74) is -0.570. The summed E-state index contributed by atoms with van der Waals surface area (Å²) in [6.07, 6.45) is 5.81. The van der Waals surface area contributed by atoms with E-state index in [4.69, 9.17) is 14.2 Å². The van der Waals surface area contributed by atoms with Crippen molar-refractivity contribution in [1.82, 2.24) is 0 Å².